The summed E-state index contributed by atoms with van der Waals surface area (Å²) in [7, 11) is -4.55. The SMILES string of the molecule is C=CCCC=CC=CC=CCCC=CC(O)C(O)C1OC(C(O)C(O)C(=C)CCC(O)C2CC(O)C(O)C(C(O)C(O)C=C(C)CCC(O)CC(O)C(O)C(C)CC(O)C(O)C(C)CCC(O)CCCC(O)CCCOS(=O)(=O)O)O2)CC(O)C1O. The fourth-order valence-corrected chi connectivity index (χ4v) is 10.8. The van der Waals surface area contributed by atoms with Crippen molar-refractivity contribution in [1.29, 1.82) is 0 Å². The van der Waals surface area contributed by atoms with Crippen LogP contribution in [0.25, 0.3) is 0 Å². The summed E-state index contributed by atoms with van der Waals surface area (Å²) in [5.41, 5.74) is 0.460. The van der Waals surface area contributed by atoms with E-state index in [1.165, 1.54) is 12.2 Å². The van der Waals surface area contributed by atoms with Gasteiger partial charge in [-0.1, -0.05) is 86.8 Å². The first kappa shape index (κ1) is 79.3. The summed E-state index contributed by atoms with van der Waals surface area (Å²) in [5, 5.41) is 195. The fraction of sp³-hybridized carbons (Fsp3) is 0.770. The highest BCUT2D eigenvalue weighted by Gasteiger charge is 2.47. The second kappa shape index (κ2) is 41.6. The highest BCUT2D eigenvalue weighted by atomic mass is 32.3. The van der Waals surface area contributed by atoms with Crippen molar-refractivity contribution < 1.29 is 119 Å². The van der Waals surface area contributed by atoms with Crippen molar-refractivity contribution in [1.82, 2.24) is 0 Å². The molecule has 0 radical (unpaired) electrons. The van der Waals surface area contributed by atoms with Crippen molar-refractivity contribution in [3.05, 3.63) is 85.1 Å². The van der Waals surface area contributed by atoms with Gasteiger partial charge in [-0.15, -0.1) is 6.58 Å². The molecule has 86 heavy (non-hydrogen) atoms. The van der Waals surface area contributed by atoms with E-state index in [9.17, 15) is 100 Å². The number of unbranched alkanes of at least 4 members (excludes halogenated alkanes) is 2. The summed E-state index contributed by atoms with van der Waals surface area (Å²) in [4.78, 5) is 0. The van der Waals surface area contributed by atoms with E-state index in [-0.39, 0.29) is 76.4 Å². The predicted molar refractivity (Wildman–Crippen MR) is 319 cm³/mol. The number of hydrogen-bond donors (Lipinski definition) is 19. The first-order valence-electron chi connectivity index (χ1n) is 30.2. The zero-order valence-electron chi connectivity index (χ0n) is 50.1. The Kier molecular flexibility index (Phi) is 38.4. The largest absolute Gasteiger partial charge is 0.397 e. The van der Waals surface area contributed by atoms with Gasteiger partial charge in [-0.2, -0.15) is 8.42 Å². The average Bonchev–Trinajstić information content (AvgIpc) is 1.37. The number of ether oxygens (including phenoxy) is 2. The molecule has 2 aliphatic heterocycles. The zero-order chi connectivity index (χ0) is 64.8. The summed E-state index contributed by atoms with van der Waals surface area (Å²) in [6, 6.07) is 0. The maximum Gasteiger partial charge on any atom is 0.397 e. The van der Waals surface area contributed by atoms with E-state index in [2.05, 4.69) is 17.3 Å². The van der Waals surface area contributed by atoms with Gasteiger partial charge in [-0.05, 0) is 127 Å². The lowest BCUT2D eigenvalue weighted by atomic mass is 9.85. The third kappa shape index (κ3) is 29.9. The van der Waals surface area contributed by atoms with Crippen LogP contribution < -0.4 is 0 Å². The molecule has 2 fully saturated rings. The lowest BCUT2D eigenvalue weighted by molar-refractivity contribution is -0.234. The molecule has 2 heterocycles. The van der Waals surface area contributed by atoms with E-state index in [0.717, 1.165) is 12.8 Å². The Bertz CT molecular complexity index is 2140. The minimum Gasteiger partial charge on any atom is -0.393 e. The molecule has 2 aliphatic rings. The van der Waals surface area contributed by atoms with Gasteiger partial charge in [-0.25, -0.2) is 4.18 Å². The Hall–Kier alpha value is -2.75. The molecule has 0 spiro atoms. The molecule has 0 aromatic heterocycles. The molecule has 24 unspecified atom stereocenters. The molecule has 2 rings (SSSR count). The monoisotopic (exact) mass is 1250 g/mol. The minimum absolute atomic E-state index is 0.000387. The highest BCUT2D eigenvalue weighted by Crippen LogP contribution is 2.32. The molecule has 0 aromatic rings. The molecule has 0 saturated carbocycles. The smallest absolute Gasteiger partial charge is 0.393 e. The lowest BCUT2D eigenvalue weighted by Gasteiger charge is -2.42. The van der Waals surface area contributed by atoms with Crippen LogP contribution in [-0.2, 0) is 24.1 Å². The molecular formula is C61H106O24S. The normalized spacial score (nSPS) is 27.7. The van der Waals surface area contributed by atoms with Crippen molar-refractivity contribution in [3.8, 4) is 0 Å². The zero-order valence-corrected chi connectivity index (χ0v) is 50.9. The van der Waals surface area contributed by atoms with Crippen molar-refractivity contribution in [2.75, 3.05) is 6.61 Å². The Balaban J connectivity index is 1.84. The van der Waals surface area contributed by atoms with Crippen LogP contribution in [0, 0.1) is 11.8 Å². The Morgan fingerprint density at radius 1 is 0.581 bits per heavy atom. The van der Waals surface area contributed by atoms with Gasteiger partial charge in [0, 0.05) is 19.3 Å². The molecule has 24 atom stereocenters. The van der Waals surface area contributed by atoms with Crippen molar-refractivity contribution >= 4 is 10.4 Å². The Morgan fingerprint density at radius 2 is 1.09 bits per heavy atom. The Morgan fingerprint density at radius 3 is 1.69 bits per heavy atom. The van der Waals surface area contributed by atoms with Gasteiger partial charge in [0.15, 0.2) is 0 Å². The molecule has 25 heteroatoms. The van der Waals surface area contributed by atoms with Crippen molar-refractivity contribution in [3.63, 3.8) is 0 Å². The third-order valence-corrected chi connectivity index (χ3v) is 16.6. The maximum atomic E-state index is 11.2. The van der Waals surface area contributed by atoms with Crippen LogP contribution in [0.1, 0.15) is 143 Å². The van der Waals surface area contributed by atoms with Gasteiger partial charge < -0.3 is 101 Å². The number of hydrogen-bond acceptors (Lipinski definition) is 23. The lowest BCUT2D eigenvalue weighted by Crippen LogP contribution is -2.59. The molecule has 0 bridgehead atoms. The molecule has 0 aromatic carbocycles. The van der Waals surface area contributed by atoms with Crippen LogP contribution in [0.3, 0.4) is 0 Å². The average molecular weight is 1260 g/mol. The van der Waals surface area contributed by atoms with Crippen LogP contribution in [-0.4, -0.2) is 246 Å². The summed E-state index contributed by atoms with van der Waals surface area (Å²) >= 11 is 0. The second-order valence-corrected chi connectivity index (χ2v) is 24.7. The first-order chi connectivity index (χ1) is 40.4. The van der Waals surface area contributed by atoms with Crippen LogP contribution in [0.4, 0.5) is 0 Å². The maximum absolute atomic E-state index is 11.2. The van der Waals surface area contributed by atoms with Crippen LogP contribution >= 0.6 is 0 Å². The van der Waals surface area contributed by atoms with Crippen molar-refractivity contribution in [2.45, 2.75) is 277 Å². The number of aliphatic hydroxyl groups excluding tert-OH is 18. The van der Waals surface area contributed by atoms with Gasteiger partial charge >= 0.3 is 10.4 Å². The van der Waals surface area contributed by atoms with Crippen LogP contribution in [0.5, 0.6) is 0 Å². The minimum atomic E-state index is -4.55. The molecule has 24 nitrogen and oxygen atoms in total. The Labute approximate surface area is 507 Å². The quantitative estimate of drug-likeness (QED) is 0.0170. The van der Waals surface area contributed by atoms with Gasteiger partial charge in [0.25, 0.3) is 0 Å². The summed E-state index contributed by atoms with van der Waals surface area (Å²) in [5.74, 6) is -1.19. The number of rotatable bonds is 44. The second-order valence-electron chi connectivity index (χ2n) is 23.6. The van der Waals surface area contributed by atoms with Crippen LogP contribution in [0.2, 0.25) is 0 Å². The van der Waals surface area contributed by atoms with E-state index < -0.39 is 157 Å². The topological polar surface area (TPSA) is 446 Å². The van der Waals surface area contributed by atoms with E-state index in [4.69, 9.17) is 14.0 Å². The van der Waals surface area contributed by atoms with Gasteiger partial charge in [0.1, 0.15) is 61.0 Å². The first-order valence-corrected chi connectivity index (χ1v) is 31.6. The standard InChI is InChI=1S/C61H106O24S/c1-6-7-8-9-10-11-12-13-14-15-16-17-23-44(66)55(75)60-58(78)49(71)35-51(85-60)59(79)54(74)38(4)26-29-43(65)50-34-48(70)57(77)61(84-50)56(76)45(67)31-36(2)24-27-42(64)33-47(69)53(73)39(5)32-46(68)52(72)37(3)25-28-41(63)21-18-20-40(62)22-19-30-83-86(80,81)82/h6,9-14,17,23,31,37,39-79H,1,4,7-8,15-16,18-22,24-30,32-35H2,2-3,5H3,(H,80,81,82). The molecule has 500 valence electrons. The number of aliphatic hydroxyl groups is 18. The summed E-state index contributed by atoms with van der Waals surface area (Å²) < 4.78 is 45.6. The van der Waals surface area contributed by atoms with E-state index in [0.29, 0.717) is 50.5 Å². The fourth-order valence-electron chi connectivity index (χ4n) is 10.4. The molecule has 19 N–H and O–H groups in total. The van der Waals surface area contributed by atoms with Gasteiger partial charge in [-0.3, -0.25) is 4.55 Å². The summed E-state index contributed by atoms with van der Waals surface area (Å²) in [6.07, 6.45) is -10.2. The molecular weight excluding hydrogens is 1150 g/mol. The van der Waals surface area contributed by atoms with Crippen LogP contribution in [0.15, 0.2) is 85.1 Å². The number of allylic oxidation sites excluding steroid dienone is 9. The van der Waals surface area contributed by atoms with E-state index in [1.807, 2.05) is 42.5 Å². The third-order valence-electron chi connectivity index (χ3n) is 16.1. The van der Waals surface area contributed by atoms with Gasteiger partial charge in [0.05, 0.1) is 79.9 Å². The van der Waals surface area contributed by atoms with Crippen molar-refractivity contribution in [2.24, 2.45) is 11.8 Å². The predicted octanol–water partition coefficient (Wildman–Crippen LogP) is 0.434. The van der Waals surface area contributed by atoms with E-state index in [1.54, 1.807) is 26.8 Å². The van der Waals surface area contributed by atoms with E-state index >= 15 is 0 Å². The van der Waals surface area contributed by atoms with Gasteiger partial charge in [0.2, 0.25) is 0 Å². The molecule has 0 aliphatic carbocycles. The highest BCUT2D eigenvalue weighted by molar-refractivity contribution is 7.80. The molecule has 2 saturated heterocycles. The molecule has 0 amide bonds. The summed E-state index contributed by atoms with van der Waals surface area (Å²) in [6.45, 7) is 12.1.